The molecule has 0 aliphatic heterocycles. The van der Waals surface area contributed by atoms with E-state index in [1.165, 1.54) is 29.5 Å². The summed E-state index contributed by atoms with van der Waals surface area (Å²) in [6.07, 6.45) is 2.64. The predicted molar refractivity (Wildman–Crippen MR) is 88.0 cm³/mol. The fraction of sp³-hybridized carbons (Fsp3) is 0.333. The third kappa shape index (κ3) is 3.39. The number of hydrogen-bond donors (Lipinski definition) is 1. The third-order valence-electron chi connectivity index (χ3n) is 3.93. The molecule has 0 spiro atoms. The smallest absolute Gasteiger partial charge is 0.138 e. The number of aryl methyl sites for hydroxylation is 1. The summed E-state index contributed by atoms with van der Waals surface area (Å²) in [6, 6.07) is 13.3. The maximum absolute atomic E-state index is 6.09. The average Bonchev–Trinajstić information content (AvgIpc) is 3.30. The van der Waals surface area contributed by atoms with Gasteiger partial charge in [-0.05, 0) is 54.2 Å². The van der Waals surface area contributed by atoms with Crippen LogP contribution in [0.1, 0.15) is 24.0 Å². The minimum atomic E-state index is 0.643. The monoisotopic (exact) mass is 301 g/mol. The molecular formula is C18H20ClNO. The van der Waals surface area contributed by atoms with E-state index in [0.29, 0.717) is 10.8 Å². The Hall–Kier alpha value is -1.51. The first-order valence-corrected chi connectivity index (χ1v) is 7.72. The molecule has 0 aromatic heterocycles. The summed E-state index contributed by atoms with van der Waals surface area (Å²) < 4.78 is 5.30. The fourth-order valence-electron chi connectivity index (χ4n) is 2.54. The first kappa shape index (κ1) is 14.4. The molecule has 1 fully saturated rings. The van der Waals surface area contributed by atoms with Gasteiger partial charge in [-0.25, -0.2) is 0 Å². The van der Waals surface area contributed by atoms with Gasteiger partial charge in [-0.15, -0.1) is 0 Å². The van der Waals surface area contributed by atoms with E-state index in [4.69, 9.17) is 16.3 Å². The SMILES string of the molecule is COc1cc(-c2ccc(CNC3CC3)cc2C)ccc1Cl. The van der Waals surface area contributed by atoms with Gasteiger partial charge in [0.1, 0.15) is 5.75 Å². The first-order valence-electron chi connectivity index (χ1n) is 7.34. The molecule has 2 aromatic rings. The number of benzene rings is 2. The van der Waals surface area contributed by atoms with Crippen LogP contribution >= 0.6 is 11.6 Å². The Morgan fingerprint density at radius 3 is 2.67 bits per heavy atom. The van der Waals surface area contributed by atoms with Crippen molar-refractivity contribution in [3.05, 3.63) is 52.5 Å². The molecule has 3 rings (SSSR count). The Labute approximate surface area is 131 Å². The lowest BCUT2D eigenvalue weighted by Gasteiger charge is -2.11. The molecule has 110 valence electrons. The normalized spacial score (nSPS) is 14.2. The highest BCUT2D eigenvalue weighted by Gasteiger charge is 2.19. The number of halogens is 1. The van der Waals surface area contributed by atoms with E-state index in [-0.39, 0.29) is 0 Å². The van der Waals surface area contributed by atoms with Crippen molar-refractivity contribution in [3.8, 4) is 16.9 Å². The predicted octanol–water partition coefficient (Wildman–Crippen LogP) is 4.58. The van der Waals surface area contributed by atoms with Crippen LogP contribution in [0.15, 0.2) is 36.4 Å². The average molecular weight is 302 g/mol. The maximum Gasteiger partial charge on any atom is 0.138 e. The Morgan fingerprint density at radius 2 is 2.00 bits per heavy atom. The second kappa shape index (κ2) is 6.08. The van der Waals surface area contributed by atoms with Gasteiger partial charge >= 0.3 is 0 Å². The van der Waals surface area contributed by atoms with Crippen LogP contribution in [0, 0.1) is 6.92 Å². The van der Waals surface area contributed by atoms with Crippen LogP contribution in [0.25, 0.3) is 11.1 Å². The number of nitrogens with one attached hydrogen (secondary N) is 1. The highest BCUT2D eigenvalue weighted by Crippen LogP contribution is 2.32. The van der Waals surface area contributed by atoms with Gasteiger partial charge in [-0.1, -0.05) is 35.9 Å². The van der Waals surface area contributed by atoms with Crippen LogP contribution in [0.4, 0.5) is 0 Å². The third-order valence-corrected chi connectivity index (χ3v) is 4.24. The number of rotatable bonds is 5. The molecule has 1 saturated carbocycles. The molecular weight excluding hydrogens is 282 g/mol. The van der Waals surface area contributed by atoms with Crippen molar-refractivity contribution < 1.29 is 4.74 Å². The Morgan fingerprint density at radius 1 is 1.19 bits per heavy atom. The lowest BCUT2D eigenvalue weighted by atomic mass is 9.98. The minimum absolute atomic E-state index is 0.643. The van der Waals surface area contributed by atoms with Gasteiger partial charge in [0.25, 0.3) is 0 Å². The molecule has 0 bridgehead atoms. The minimum Gasteiger partial charge on any atom is -0.495 e. The van der Waals surface area contributed by atoms with Crippen molar-refractivity contribution in [1.29, 1.82) is 0 Å². The molecule has 0 radical (unpaired) electrons. The Kier molecular flexibility index (Phi) is 4.18. The van der Waals surface area contributed by atoms with Crippen molar-refractivity contribution in [3.63, 3.8) is 0 Å². The molecule has 0 unspecified atom stereocenters. The zero-order chi connectivity index (χ0) is 14.8. The largest absolute Gasteiger partial charge is 0.495 e. The van der Waals surface area contributed by atoms with Gasteiger partial charge in [-0.3, -0.25) is 0 Å². The van der Waals surface area contributed by atoms with Crippen LogP contribution < -0.4 is 10.1 Å². The zero-order valence-electron chi connectivity index (χ0n) is 12.4. The fourth-order valence-corrected chi connectivity index (χ4v) is 2.73. The summed E-state index contributed by atoms with van der Waals surface area (Å²) in [4.78, 5) is 0. The van der Waals surface area contributed by atoms with Crippen LogP contribution in [-0.4, -0.2) is 13.2 Å². The molecule has 2 nitrogen and oxygen atoms in total. The molecule has 2 aromatic carbocycles. The second-order valence-corrected chi connectivity index (χ2v) is 6.06. The van der Waals surface area contributed by atoms with E-state index in [1.54, 1.807) is 7.11 Å². The second-order valence-electron chi connectivity index (χ2n) is 5.65. The zero-order valence-corrected chi connectivity index (χ0v) is 13.2. The van der Waals surface area contributed by atoms with Gasteiger partial charge in [0, 0.05) is 12.6 Å². The highest BCUT2D eigenvalue weighted by atomic mass is 35.5. The summed E-state index contributed by atoms with van der Waals surface area (Å²) >= 11 is 6.09. The first-order chi connectivity index (χ1) is 10.2. The molecule has 0 saturated heterocycles. The Balaban J connectivity index is 1.84. The highest BCUT2D eigenvalue weighted by molar-refractivity contribution is 6.32. The molecule has 1 aliphatic rings. The quantitative estimate of drug-likeness (QED) is 0.873. The van der Waals surface area contributed by atoms with Crippen molar-refractivity contribution in [2.45, 2.75) is 32.4 Å². The van der Waals surface area contributed by atoms with E-state index < -0.39 is 0 Å². The summed E-state index contributed by atoms with van der Waals surface area (Å²) in [5, 5.41) is 4.19. The van der Waals surface area contributed by atoms with E-state index in [2.05, 4.69) is 30.4 Å². The van der Waals surface area contributed by atoms with Crippen LogP contribution in [0.5, 0.6) is 5.75 Å². The van der Waals surface area contributed by atoms with E-state index in [9.17, 15) is 0 Å². The van der Waals surface area contributed by atoms with Gasteiger partial charge < -0.3 is 10.1 Å². The van der Waals surface area contributed by atoms with E-state index >= 15 is 0 Å². The van der Waals surface area contributed by atoms with Crippen molar-refractivity contribution in [2.75, 3.05) is 7.11 Å². The standard InChI is InChI=1S/C18H20ClNO/c1-12-9-13(11-20-15-5-6-15)3-7-16(12)14-4-8-17(19)18(10-14)21-2/h3-4,7-10,15,20H,5-6,11H2,1-2H3. The molecule has 1 N–H and O–H groups in total. The van der Waals surface area contributed by atoms with Gasteiger partial charge in [0.2, 0.25) is 0 Å². The van der Waals surface area contributed by atoms with Crippen molar-refractivity contribution in [2.24, 2.45) is 0 Å². The lowest BCUT2D eigenvalue weighted by Crippen LogP contribution is -2.15. The van der Waals surface area contributed by atoms with Crippen LogP contribution in [-0.2, 0) is 6.54 Å². The lowest BCUT2D eigenvalue weighted by molar-refractivity contribution is 0.415. The summed E-state index contributed by atoms with van der Waals surface area (Å²) in [6.45, 7) is 3.10. The van der Waals surface area contributed by atoms with Crippen LogP contribution in [0.3, 0.4) is 0 Å². The van der Waals surface area contributed by atoms with Gasteiger partial charge in [0.05, 0.1) is 12.1 Å². The summed E-state index contributed by atoms with van der Waals surface area (Å²) in [7, 11) is 1.64. The summed E-state index contributed by atoms with van der Waals surface area (Å²) in [5.74, 6) is 0.716. The molecule has 0 heterocycles. The number of ether oxygens (including phenoxy) is 1. The van der Waals surface area contributed by atoms with Gasteiger partial charge in [-0.2, -0.15) is 0 Å². The molecule has 1 aliphatic carbocycles. The summed E-state index contributed by atoms with van der Waals surface area (Å²) in [5.41, 5.74) is 4.97. The number of methoxy groups -OCH3 is 1. The Bertz CT molecular complexity index is 650. The topological polar surface area (TPSA) is 21.3 Å². The number of hydrogen-bond acceptors (Lipinski definition) is 2. The maximum atomic E-state index is 6.09. The van der Waals surface area contributed by atoms with Crippen LogP contribution in [0.2, 0.25) is 5.02 Å². The molecule has 0 atom stereocenters. The molecule has 3 heteroatoms. The van der Waals surface area contributed by atoms with Gasteiger partial charge in [0.15, 0.2) is 0 Å². The van der Waals surface area contributed by atoms with E-state index in [0.717, 1.165) is 18.2 Å². The van der Waals surface area contributed by atoms with E-state index in [1.807, 2.05) is 18.2 Å². The van der Waals surface area contributed by atoms with Crippen molar-refractivity contribution >= 4 is 11.6 Å². The molecule has 0 amide bonds. The van der Waals surface area contributed by atoms with Crippen molar-refractivity contribution in [1.82, 2.24) is 5.32 Å². The molecule has 21 heavy (non-hydrogen) atoms.